The lowest BCUT2D eigenvalue weighted by Crippen LogP contribution is -2.52. The van der Waals surface area contributed by atoms with E-state index in [1.54, 1.807) is 57.2 Å². The van der Waals surface area contributed by atoms with Crippen molar-refractivity contribution in [2.75, 3.05) is 19.0 Å². The first-order valence-electron chi connectivity index (χ1n) is 13.7. The molecule has 5 N–H and O–H groups in total. The van der Waals surface area contributed by atoms with Gasteiger partial charge >= 0.3 is 6.09 Å². The molecule has 0 aliphatic rings. The fraction of sp³-hybridized carbons (Fsp3) is 0.467. The summed E-state index contributed by atoms with van der Waals surface area (Å²) >= 11 is 0. The lowest BCUT2D eigenvalue weighted by atomic mass is 10.0. The predicted octanol–water partition coefficient (Wildman–Crippen LogP) is 4.26. The SMILES string of the molecule is CCCCCN(C(=O)C(CCC(N)=O)NC(=O)OC(C)(C)C)C(C(=O)Nc1ccc(OC)cc1)c1ccc(O)cc1. The van der Waals surface area contributed by atoms with E-state index < -0.39 is 41.5 Å². The van der Waals surface area contributed by atoms with Crippen molar-refractivity contribution in [3.63, 3.8) is 0 Å². The molecule has 0 aliphatic heterocycles. The van der Waals surface area contributed by atoms with Crippen LogP contribution in [-0.4, -0.2) is 59.1 Å². The molecule has 0 saturated heterocycles. The second-order valence-electron chi connectivity index (χ2n) is 10.7. The van der Waals surface area contributed by atoms with Gasteiger partial charge in [0.25, 0.3) is 5.91 Å². The fourth-order valence-corrected chi connectivity index (χ4v) is 4.11. The smallest absolute Gasteiger partial charge is 0.408 e. The van der Waals surface area contributed by atoms with Crippen LogP contribution in [0.15, 0.2) is 48.5 Å². The van der Waals surface area contributed by atoms with Crippen molar-refractivity contribution < 1.29 is 33.8 Å². The summed E-state index contributed by atoms with van der Waals surface area (Å²) in [6.45, 7) is 7.27. The highest BCUT2D eigenvalue weighted by Gasteiger charge is 2.36. The Bertz CT molecular complexity index is 1160. The average Bonchev–Trinajstić information content (AvgIpc) is 2.90. The number of ether oxygens (including phenoxy) is 2. The molecule has 11 nitrogen and oxygen atoms in total. The van der Waals surface area contributed by atoms with Crippen LogP contribution in [-0.2, 0) is 19.1 Å². The number of carbonyl (C=O) groups is 4. The molecule has 0 bridgehead atoms. The number of nitrogens with two attached hydrogens (primary N) is 1. The van der Waals surface area contributed by atoms with Crippen molar-refractivity contribution in [1.82, 2.24) is 10.2 Å². The summed E-state index contributed by atoms with van der Waals surface area (Å²) in [7, 11) is 1.54. The van der Waals surface area contributed by atoms with Gasteiger partial charge < -0.3 is 35.8 Å². The molecule has 0 saturated carbocycles. The first-order chi connectivity index (χ1) is 19.3. The van der Waals surface area contributed by atoms with E-state index in [1.165, 1.54) is 24.1 Å². The second-order valence-corrected chi connectivity index (χ2v) is 10.7. The van der Waals surface area contributed by atoms with E-state index in [4.69, 9.17) is 15.2 Å². The molecule has 2 aromatic carbocycles. The van der Waals surface area contributed by atoms with Crippen LogP contribution in [0.4, 0.5) is 10.5 Å². The number of primary amides is 1. The summed E-state index contributed by atoms with van der Waals surface area (Å²) in [5.41, 5.74) is 5.47. The molecule has 0 radical (unpaired) electrons. The number of phenolic OH excluding ortho intramolecular Hbond substituents is 1. The minimum atomic E-state index is -1.19. The van der Waals surface area contributed by atoms with Gasteiger partial charge in [-0.05, 0) is 75.6 Å². The number of unbranched alkanes of at least 4 members (excludes halogenated alkanes) is 2. The topological polar surface area (TPSA) is 160 Å². The minimum absolute atomic E-state index is 0.00199. The number of hydrogen-bond donors (Lipinski definition) is 4. The summed E-state index contributed by atoms with van der Waals surface area (Å²) in [5, 5.41) is 15.3. The molecule has 0 aromatic heterocycles. The summed E-state index contributed by atoms with van der Waals surface area (Å²) in [5.74, 6) is -1.11. The standard InChI is InChI=1S/C30H42N4O7/c1-6-7-8-19-34(28(38)24(17-18-25(31)36)33-29(39)41-30(2,3)4)26(20-9-13-22(35)14-10-20)27(37)32-21-11-15-23(40-5)16-12-21/h9-16,24,26,35H,6-8,17-19H2,1-5H3,(H2,31,36)(H,32,37)(H,33,39). The Labute approximate surface area is 241 Å². The molecular formula is C30H42N4O7. The van der Waals surface area contributed by atoms with Gasteiger partial charge in [0.15, 0.2) is 0 Å². The number of methoxy groups -OCH3 is 1. The zero-order chi connectivity index (χ0) is 30.6. The highest BCUT2D eigenvalue weighted by Crippen LogP contribution is 2.27. The number of carbonyl (C=O) groups excluding carboxylic acids is 4. The molecule has 2 rings (SSSR count). The van der Waals surface area contributed by atoms with Gasteiger partial charge in [0, 0.05) is 18.7 Å². The third-order valence-electron chi connectivity index (χ3n) is 6.08. The molecular weight excluding hydrogens is 528 g/mol. The molecule has 41 heavy (non-hydrogen) atoms. The maximum atomic E-state index is 14.1. The van der Waals surface area contributed by atoms with Crippen molar-refractivity contribution in [2.24, 2.45) is 5.73 Å². The Balaban J connectivity index is 2.52. The molecule has 0 spiro atoms. The molecule has 0 aliphatic carbocycles. The lowest BCUT2D eigenvalue weighted by molar-refractivity contribution is -0.141. The van der Waals surface area contributed by atoms with Crippen molar-refractivity contribution in [3.8, 4) is 11.5 Å². The Hall–Kier alpha value is -4.28. The Morgan fingerprint density at radius 3 is 2.17 bits per heavy atom. The van der Waals surface area contributed by atoms with Crippen LogP contribution < -0.4 is 21.1 Å². The van der Waals surface area contributed by atoms with Crippen LogP contribution in [0.25, 0.3) is 0 Å². The number of hydrogen-bond acceptors (Lipinski definition) is 7. The van der Waals surface area contributed by atoms with Crippen LogP contribution in [0.2, 0.25) is 0 Å². The maximum absolute atomic E-state index is 14.1. The number of phenols is 1. The van der Waals surface area contributed by atoms with Gasteiger partial charge in [-0.2, -0.15) is 0 Å². The maximum Gasteiger partial charge on any atom is 0.408 e. The first kappa shape index (κ1) is 32.9. The van der Waals surface area contributed by atoms with Gasteiger partial charge in [-0.25, -0.2) is 4.79 Å². The summed E-state index contributed by atoms with van der Waals surface area (Å²) < 4.78 is 10.5. The van der Waals surface area contributed by atoms with Gasteiger partial charge in [0.05, 0.1) is 7.11 Å². The molecule has 2 aromatic rings. The molecule has 11 heteroatoms. The number of alkyl carbamates (subject to hydrolysis) is 1. The molecule has 224 valence electrons. The normalized spacial score (nSPS) is 12.5. The number of nitrogens with zero attached hydrogens (tertiary/aromatic N) is 1. The van der Waals surface area contributed by atoms with E-state index in [2.05, 4.69) is 10.6 Å². The number of benzene rings is 2. The van der Waals surface area contributed by atoms with Crippen molar-refractivity contribution in [3.05, 3.63) is 54.1 Å². The number of anilines is 1. The fourth-order valence-electron chi connectivity index (χ4n) is 4.11. The van der Waals surface area contributed by atoms with E-state index in [1.807, 2.05) is 6.92 Å². The van der Waals surface area contributed by atoms with Crippen LogP contribution in [0.1, 0.15) is 71.4 Å². The van der Waals surface area contributed by atoms with Crippen molar-refractivity contribution in [1.29, 1.82) is 0 Å². The Morgan fingerprint density at radius 1 is 1.00 bits per heavy atom. The summed E-state index contributed by atoms with van der Waals surface area (Å²) in [4.78, 5) is 53.7. The van der Waals surface area contributed by atoms with E-state index in [0.717, 1.165) is 12.8 Å². The molecule has 2 atom stereocenters. The number of rotatable bonds is 14. The van der Waals surface area contributed by atoms with E-state index in [9.17, 15) is 24.3 Å². The molecule has 0 heterocycles. The van der Waals surface area contributed by atoms with Crippen LogP contribution in [0, 0.1) is 0 Å². The van der Waals surface area contributed by atoms with Crippen molar-refractivity contribution in [2.45, 2.75) is 77.5 Å². The summed E-state index contributed by atoms with van der Waals surface area (Å²) in [6.07, 6.45) is 1.15. The summed E-state index contributed by atoms with van der Waals surface area (Å²) in [6, 6.07) is 10.4. The third-order valence-corrected chi connectivity index (χ3v) is 6.08. The van der Waals surface area contributed by atoms with Gasteiger partial charge in [-0.3, -0.25) is 14.4 Å². The molecule has 0 fully saturated rings. The van der Waals surface area contributed by atoms with Crippen molar-refractivity contribution >= 4 is 29.5 Å². The van der Waals surface area contributed by atoms with Crippen LogP contribution in [0.3, 0.4) is 0 Å². The number of amides is 4. The van der Waals surface area contributed by atoms with Gasteiger partial charge in [0.2, 0.25) is 11.8 Å². The number of nitrogens with one attached hydrogen (secondary N) is 2. The predicted molar refractivity (Wildman–Crippen MR) is 155 cm³/mol. The molecule has 2 unspecified atom stereocenters. The van der Waals surface area contributed by atoms with Gasteiger partial charge in [-0.1, -0.05) is 31.9 Å². The van der Waals surface area contributed by atoms with Crippen LogP contribution in [0.5, 0.6) is 11.5 Å². The van der Waals surface area contributed by atoms with Crippen LogP contribution >= 0.6 is 0 Å². The largest absolute Gasteiger partial charge is 0.508 e. The van der Waals surface area contributed by atoms with E-state index in [0.29, 0.717) is 23.4 Å². The lowest BCUT2D eigenvalue weighted by Gasteiger charge is -2.34. The highest BCUT2D eigenvalue weighted by molar-refractivity contribution is 5.99. The van der Waals surface area contributed by atoms with E-state index >= 15 is 0 Å². The zero-order valence-corrected chi connectivity index (χ0v) is 24.4. The minimum Gasteiger partial charge on any atom is -0.508 e. The quantitative estimate of drug-likeness (QED) is 0.247. The van der Waals surface area contributed by atoms with Gasteiger partial charge in [0.1, 0.15) is 29.2 Å². The zero-order valence-electron chi connectivity index (χ0n) is 24.4. The van der Waals surface area contributed by atoms with E-state index in [-0.39, 0.29) is 25.1 Å². The highest BCUT2D eigenvalue weighted by atomic mass is 16.6. The Morgan fingerprint density at radius 2 is 1.63 bits per heavy atom. The third kappa shape index (κ3) is 11.0. The second kappa shape index (κ2) is 15.5. The first-order valence-corrected chi connectivity index (χ1v) is 13.7. The number of aromatic hydroxyl groups is 1. The van der Waals surface area contributed by atoms with Gasteiger partial charge in [-0.15, -0.1) is 0 Å². The molecule has 4 amide bonds. The monoisotopic (exact) mass is 570 g/mol. The Kier molecular flexibility index (Phi) is 12.4. The average molecular weight is 571 g/mol.